The van der Waals surface area contributed by atoms with E-state index in [1.54, 1.807) is 6.07 Å². The van der Waals surface area contributed by atoms with E-state index in [1.165, 1.54) is 19.3 Å². The molecule has 0 amide bonds. The minimum absolute atomic E-state index is 0.367. The van der Waals surface area contributed by atoms with Crippen LogP contribution in [0.3, 0.4) is 0 Å². The van der Waals surface area contributed by atoms with Crippen molar-refractivity contribution in [3.05, 3.63) is 29.8 Å². The zero-order chi connectivity index (χ0) is 12.3. The molecule has 0 aromatic heterocycles. The van der Waals surface area contributed by atoms with Crippen LogP contribution >= 0.6 is 0 Å². The van der Waals surface area contributed by atoms with E-state index >= 15 is 0 Å². The van der Waals surface area contributed by atoms with Crippen LogP contribution < -0.4 is 0 Å². The number of hydrogen-bond donors (Lipinski definition) is 1. The minimum Gasteiger partial charge on any atom is -0.508 e. The maximum atomic E-state index is 10.0. The molecule has 0 radical (unpaired) electrons. The van der Waals surface area contributed by atoms with Crippen LogP contribution in [-0.2, 0) is 0 Å². The molecule has 1 N–H and O–H groups in total. The summed E-state index contributed by atoms with van der Waals surface area (Å²) in [6.45, 7) is 5.67. The van der Waals surface area contributed by atoms with E-state index in [0.29, 0.717) is 17.8 Å². The van der Waals surface area contributed by atoms with E-state index < -0.39 is 0 Å². The van der Waals surface area contributed by atoms with Crippen LogP contribution in [0.1, 0.15) is 51.1 Å². The Balaban J connectivity index is 2.23. The Morgan fingerprint density at radius 1 is 1.35 bits per heavy atom. The Kier molecular flexibility index (Phi) is 4.06. The van der Waals surface area contributed by atoms with Crippen LogP contribution in [-0.4, -0.2) is 22.6 Å². The van der Waals surface area contributed by atoms with E-state index in [2.05, 4.69) is 24.8 Å². The van der Waals surface area contributed by atoms with Crippen LogP contribution in [0.5, 0.6) is 5.75 Å². The molecule has 1 aliphatic rings. The number of benzene rings is 1. The number of likely N-dealkylation sites (tertiary alicyclic amines) is 1. The van der Waals surface area contributed by atoms with Gasteiger partial charge < -0.3 is 5.11 Å². The average Bonchev–Trinajstić information content (AvgIpc) is 2.34. The standard InChI is InChI=1S/C15H23NO/c1-3-14(13-9-4-5-10-15(13)17)16-11-7-6-8-12(16)2/h4-5,9-10,12,14,17H,3,6-8,11H2,1-2H3. The lowest BCUT2D eigenvalue weighted by Crippen LogP contribution is -2.40. The van der Waals surface area contributed by atoms with Crippen molar-refractivity contribution < 1.29 is 5.11 Å². The van der Waals surface area contributed by atoms with Gasteiger partial charge in [-0.3, -0.25) is 4.90 Å². The molecule has 2 unspecified atom stereocenters. The molecule has 0 spiro atoms. The van der Waals surface area contributed by atoms with E-state index in [-0.39, 0.29) is 0 Å². The summed E-state index contributed by atoms with van der Waals surface area (Å²) in [6.07, 6.45) is 4.97. The quantitative estimate of drug-likeness (QED) is 0.860. The van der Waals surface area contributed by atoms with Gasteiger partial charge in [-0.15, -0.1) is 0 Å². The molecule has 1 heterocycles. The second-order valence-electron chi connectivity index (χ2n) is 5.07. The molecule has 1 saturated heterocycles. The van der Waals surface area contributed by atoms with E-state index in [9.17, 15) is 5.11 Å². The molecular formula is C15H23NO. The maximum Gasteiger partial charge on any atom is 0.120 e. The summed E-state index contributed by atoms with van der Waals surface area (Å²) in [4.78, 5) is 2.55. The molecule has 2 atom stereocenters. The van der Waals surface area contributed by atoms with Gasteiger partial charge in [0.25, 0.3) is 0 Å². The van der Waals surface area contributed by atoms with E-state index in [4.69, 9.17) is 0 Å². The van der Waals surface area contributed by atoms with Gasteiger partial charge in [-0.1, -0.05) is 31.5 Å². The summed E-state index contributed by atoms with van der Waals surface area (Å²) in [5, 5.41) is 10.0. The Morgan fingerprint density at radius 3 is 2.76 bits per heavy atom. The second-order valence-corrected chi connectivity index (χ2v) is 5.07. The highest BCUT2D eigenvalue weighted by Crippen LogP contribution is 2.34. The largest absolute Gasteiger partial charge is 0.508 e. The molecule has 0 saturated carbocycles. The molecule has 1 aliphatic heterocycles. The van der Waals surface area contributed by atoms with Gasteiger partial charge in [-0.25, -0.2) is 0 Å². The molecule has 2 heteroatoms. The smallest absolute Gasteiger partial charge is 0.120 e. The molecule has 1 aromatic rings. The Bertz CT molecular complexity index is 364. The fourth-order valence-electron chi connectivity index (χ4n) is 2.99. The van der Waals surface area contributed by atoms with Gasteiger partial charge in [-0.2, -0.15) is 0 Å². The lowest BCUT2D eigenvalue weighted by molar-refractivity contribution is 0.101. The molecule has 2 rings (SSSR count). The van der Waals surface area contributed by atoms with Crippen molar-refractivity contribution in [3.8, 4) is 5.75 Å². The normalized spacial score (nSPS) is 23.5. The SMILES string of the molecule is CCC(c1ccccc1O)N1CCCCC1C. The van der Waals surface area contributed by atoms with Crippen molar-refractivity contribution in [2.45, 2.75) is 51.6 Å². The first kappa shape index (κ1) is 12.4. The lowest BCUT2D eigenvalue weighted by Gasteiger charge is -2.39. The lowest BCUT2D eigenvalue weighted by atomic mass is 9.95. The number of aromatic hydroxyl groups is 1. The van der Waals surface area contributed by atoms with Crippen molar-refractivity contribution in [2.24, 2.45) is 0 Å². The molecule has 2 nitrogen and oxygen atoms in total. The van der Waals surface area contributed by atoms with E-state index in [1.807, 2.05) is 12.1 Å². The number of hydrogen-bond acceptors (Lipinski definition) is 2. The zero-order valence-electron chi connectivity index (χ0n) is 10.9. The summed E-state index contributed by atoms with van der Waals surface area (Å²) >= 11 is 0. The maximum absolute atomic E-state index is 10.0. The minimum atomic E-state index is 0.367. The number of piperidine rings is 1. The monoisotopic (exact) mass is 233 g/mol. The molecule has 94 valence electrons. The first-order chi connectivity index (χ1) is 8.24. The summed E-state index contributed by atoms with van der Waals surface area (Å²) in [6, 6.07) is 8.77. The van der Waals surface area contributed by atoms with Crippen LogP contribution in [0.25, 0.3) is 0 Å². The van der Waals surface area contributed by atoms with Gasteiger partial charge in [0.1, 0.15) is 5.75 Å². The first-order valence-corrected chi connectivity index (χ1v) is 6.77. The second kappa shape index (κ2) is 5.54. The van der Waals surface area contributed by atoms with Gasteiger partial charge in [-0.05, 0) is 38.8 Å². The number of phenols is 1. The summed E-state index contributed by atoms with van der Waals surface area (Å²) in [7, 11) is 0. The van der Waals surface area contributed by atoms with Crippen molar-refractivity contribution in [1.82, 2.24) is 4.90 Å². The first-order valence-electron chi connectivity index (χ1n) is 6.77. The van der Waals surface area contributed by atoms with Gasteiger partial charge in [0, 0.05) is 17.6 Å². The molecule has 1 aromatic carbocycles. The molecule has 1 fully saturated rings. The van der Waals surface area contributed by atoms with Crippen molar-refractivity contribution >= 4 is 0 Å². The highest BCUT2D eigenvalue weighted by molar-refractivity contribution is 5.34. The molecule has 17 heavy (non-hydrogen) atoms. The molecule has 0 bridgehead atoms. The topological polar surface area (TPSA) is 23.5 Å². The van der Waals surface area contributed by atoms with E-state index in [0.717, 1.165) is 18.5 Å². The van der Waals surface area contributed by atoms with Crippen LogP contribution in [0, 0.1) is 0 Å². The van der Waals surface area contributed by atoms with Crippen LogP contribution in [0.4, 0.5) is 0 Å². The number of para-hydroxylation sites is 1. The predicted molar refractivity (Wildman–Crippen MR) is 71.2 cm³/mol. The van der Waals surface area contributed by atoms with Crippen LogP contribution in [0.15, 0.2) is 24.3 Å². The van der Waals surface area contributed by atoms with Crippen molar-refractivity contribution in [1.29, 1.82) is 0 Å². The third-order valence-corrected chi connectivity index (χ3v) is 3.94. The third kappa shape index (κ3) is 2.63. The van der Waals surface area contributed by atoms with Crippen LogP contribution in [0.2, 0.25) is 0 Å². The van der Waals surface area contributed by atoms with Gasteiger partial charge >= 0.3 is 0 Å². The highest BCUT2D eigenvalue weighted by Gasteiger charge is 2.27. The fourth-order valence-corrected chi connectivity index (χ4v) is 2.99. The Labute approximate surface area is 104 Å². The van der Waals surface area contributed by atoms with Gasteiger partial charge in [0.15, 0.2) is 0 Å². The summed E-state index contributed by atoms with van der Waals surface area (Å²) < 4.78 is 0. The number of phenolic OH excluding ortho intramolecular Hbond substituents is 1. The summed E-state index contributed by atoms with van der Waals surface area (Å²) in [5.74, 6) is 0.442. The zero-order valence-corrected chi connectivity index (χ0v) is 10.9. The number of rotatable bonds is 3. The predicted octanol–water partition coefficient (Wildman–Crippen LogP) is 3.72. The average molecular weight is 233 g/mol. The Hall–Kier alpha value is -1.02. The molecular weight excluding hydrogens is 210 g/mol. The highest BCUT2D eigenvalue weighted by atomic mass is 16.3. The van der Waals surface area contributed by atoms with Gasteiger partial charge in [0.05, 0.1) is 0 Å². The van der Waals surface area contributed by atoms with Crippen molar-refractivity contribution in [3.63, 3.8) is 0 Å². The third-order valence-electron chi connectivity index (χ3n) is 3.94. The molecule has 0 aliphatic carbocycles. The Morgan fingerprint density at radius 2 is 2.12 bits per heavy atom. The fraction of sp³-hybridized carbons (Fsp3) is 0.600. The number of nitrogens with zero attached hydrogens (tertiary/aromatic N) is 1. The van der Waals surface area contributed by atoms with Crippen molar-refractivity contribution in [2.75, 3.05) is 6.54 Å². The summed E-state index contributed by atoms with van der Waals surface area (Å²) in [5.41, 5.74) is 1.09. The van der Waals surface area contributed by atoms with Gasteiger partial charge in [0.2, 0.25) is 0 Å².